The van der Waals surface area contributed by atoms with Crippen LogP contribution in [-0.2, 0) is 17.8 Å². The molecule has 1 aromatic carbocycles. The zero-order chi connectivity index (χ0) is 14.8. The number of amides is 1. The maximum Gasteiger partial charge on any atom is 0.227 e. The van der Waals surface area contributed by atoms with E-state index in [2.05, 4.69) is 12.1 Å². The predicted molar refractivity (Wildman–Crippen MR) is 84.9 cm³/mol. The van der Waals surface area contributed by atoms with E-state index in [4.69, 9.17) is 11.5 Å². The van der Waals surface area contributed by atoms with Crippen LogP contribution in [0.5, 0.6) is 0 Å². The highest BCUT2D eigenvalue weighted by molar-refractivity contribution is 5.94. The Morgan fingerprint density at radius 2 is 2.14 bits per heavy atom. The van der Waals surface area contributed by atoms with Gasteiger partial charge in [0.15, 0.2) is 0 Å². The van der Waals surface area contributed by atoms with Crippen molar-refractivity contribution in [2.75, 3.05) is 11.4 Å². The molecule has 1 aromatic rings. The van der Waals surface area contributed by atoms with Crippen molar-refractivity contribution in [2.45, 2.75) is 51.1 Å². The summed E-state index contributed by atoms with van der Waals surface area (Å²) in [6.07, 6.45) is 5.99. The molecular weight excluding hydrogens is 262 g/mol. The average molecular weight is 287 g/mol. The number of hydrogen-bond acceptors (Lipinski definition) is 3. The van der Waals surface area contributed by atoms with Gasteiger partial charge >= 0.3 is 0 Å². The van der Waals surface area contributed by atoms with Gasteiger partial charge in [0, 0.05) is 31.2 Å². The molecule has 0 aromatic heterocycles. The van der Waals surface area contributed by atoms with Crippen LogP contribution in [0.2, 0.25) is 0 Å². The summed E-state index contributed by atoms with van der Waals surface area (Å²) in [5.74, 6) is 0.602. The first kappa shape index (κ1) is 14.5. The number of rotatable bonds is 3. The van der Waals surface area contributed by atoms with Gasteiger partial charge in [0.05, 0.1) is 0 Å². The molecule has 114 valence electrons. The van der Waals surface area contributed by atoms with E-state index < -0.39 is 0 Å². The van der Waals surface area contributed by atoms with Gasteiger partial charge in [-0.2, -0.15) is 0 Å². The number of benzene rings is 1. The SMILES string of the molecule is NCc1ccc2c(c1)CCCN2C(=O)C[C@@H]1CCC[C@H]1N. The standard InChI is InChI=1S/C17H25N3O/c18-11-12-6-7-16-14(9-12)4-2-8-20(16)17(21)10-13-3-1-5-15(13)19/h6-7,9,13,15H,1-5,8,10-11,18-19H2/t13-,15+/m0/s1. The van der Waals surface area contributed by atoms with Crippen molar-refractivity contribution in [3.05, 3.63) is 29.3 Å². The summed E-state index contributed by atoms with van der Waals surface area (Å²) in [5.41, 5.74) is 15.3. The van der Waals surface area contributed by atoms with E-state index in [-0.39, 0.29) is 11.9 Å². The monoisotopic (exact) mass is 287 g/mol. The number of carbonyl (C=O) groups excluding carboxylic acids is 1. The third-order valence-electron chi connectivity index (χ3n) is 4.95. The van der Waals surface area contributed by atoms with Gasteiger partial charge in [0.1, 0.15) is 0 Å². The number of anilines is 1. The van der Waals surface area contributed by atoms with E-state index in [9.17, 15) is 4.79 Å². The molecule has 1 aliphatic carbocycles. The fraction of sp³-hybridized carbons (Fsp3) is 0.588. The van der Waals surface area contributed by atoms with Crippen molar-refractivity contribution in [2.24, 2.45) is 17.4 Å². The van der Waals surface area contributed by atoms with Crippen LogP contribution in [0, 0.1) is 5.92 Å². The average Bonchev–Trinajstić information content (AvgIpc) is 2.91. The minimum absolute atomic E-state index is 0.206. The molecule has 0 saturated heterocycles. The second-order valence-electron chi connectivity index (χ2n) is 6.38. The van der Waals surface area contributed by atoms with Gasteiger partial charge in [-0.3, -0.25) is 4.79 Å². The van der Waals surface area contributed by atoms with Crippen molar-refractivity contribution < 1.29 is 4.79 Å². The molecule has 3 rings (SSSR count). The number of nitrogens with two attached hydrogens (primary N) is 2. The summed E-state index contributed by atoms with van der Waals surface area (Å²) >= 11 is 0. The van der Waals surface area contributed by atoms with Crippen LogP contribution in [0.3, 0.4) is 0 Å². The third kappa shape index (κ3) is 2.97. The second kappa shape index (κ2) is 6.16. The fourth-order valence-corrected chi connectivity index (χ4v) is 3.69. The molecule has 1 fully saturated rings. The van der Waals surface area contributed by atoms with Gasteiger partial charge in [-0.05, 0) is 48.8 Å². The van der Waals surface area contributed by atoms with E-state index in [0.717, 1.165) is 49.9 Å². The first-order valence-electron chi connectivity index (χ1n) is 8.07. The predicted octanol–water partition coefficient (Wildman–Crippen LogP) is 1.94. The molecule has 0 spiro atoms. The number of nitrogens with zero attached hydrogens (tertiary/aromatic N) is 1. The molecular formula is C17H25N3O. The van der Waals surface area contributed by atoms with E-state index in [0.29, 0.717) is 18.9 Å². The summed E-state index contributed by atoms with van der Waals surface area (Å²) in [6.45, 7) is 1.38. The van der Waals surface area contributed by atoms with E-state index in [1.54, 1.807) is 0 Å². The van der Waals surface area contributed by atoms with Crippen LogP contribution in [0.25, 0.3) is 0 Å². The number of fused-ring (bicyclic) bond motifs is 1. The quantitative estimate of drug-likeness (QED) is 0.892. The molecule has 4 nitrogen and oxygen atoms in total. The highest BCUT2D eigenvalue weighted by atomic mass is 16.2. The number of aryl methyl sites for hydroxylation is 1. The minimum atomic E-state index is 0.206. The lowest BCUT2D eigenvalue weighted by molar-refractivity contribution is -0.119. The molecule has 21 heavy (non-hydrogen) atoms. The van der Waals surface area contributed by atoms with Gasteiger partial charge in [0.2, 0.25) is 5.91 Å². The lowest BCUT2D eigenvalue weighted by Crippen LogP contribution is -2.38. The smallest absolute Gasteiger partial charge is 0.227 e. The van der Waals surface area contributed by atoms with Crippen LogP contribution in [0.15, 0.2) is 18.2 Å². The van der Waals surface area contributed by atoms with Gasteiger partial charge in [0.25, 0.3) is 0 Å². The molecule has 4 heteroatoms. The summed E-state index contributed by atoms with van der Waals surface area (Å²) in [4.78, 5) is 14.6. The van der Waals surface area contributed by atoms with Crippen LogP contribution in [0.4, 0.5) is 5.69 Å². The fourth-order valence-electron chi connectivity index (χ4n) is 3.69. The Bertz CT molecular complexity index is 529. The van der Waals surface area contributed by atoms with Crippen molar-refractivity contribution >= 4 is 11.6 Å². The normalized spacial score (nSPS) is 25.0. The lowest BCUT2D eigenvalue weighted by Gasteiger charge is -2.31. The first-order valence-corrected chi connectivity index (χ1v) is 8.07. The molecule has 4 N–H and O–H groups in total. The van der Waals surface area contributed by atoms with Gasteiger partial charge in [-0.25, -0.2) is 0 Å². The highest BCUT2D eigenvalue weighted by Gasteiger charge is 2.30. The zero-order valence-corrected chi connectivity index (χ0v) is 12.6. The molecule has 0 radical (unpaired) electrons. The Labute approximate surface area is 126 Å². The minimum Gasteiger partial charge on any atom is -0.327 e. The van der Waals surface area contributed by atoms with E-state index in [1.165, 1.54) is 5.56 Å². The lowest BCUT2D eigenvalue weighted by atomic mass is 9.96. The Balaban J connectivity index is 1.76. The van der Waals surface area contributed by atoms with Gasteiger partial charge in [-0.1, -0.05) is 18.6 Å². The van der Waals surface area contributed by atoms with Crippen LogP contribution >= 0.6 is 0 Å². The molecule has 2 atom stereocenters. The highest BCUT2D eigenvalue weighted by Crippen LogP contribution is 2.32. The van der Waals surface area contributed by atoms with E-state index >= 15 is 0 Å². The van der Waals surface area contributed by atoms with Crippen LogP contribution in [-0.4, -0.2) is 18.5 Å². The molecule has 1 amide bonds. The second-order valence-corrected chi connectivity index (χ2v) is 6.38. The summed E-state index contributed by atoms with van der Waals surface area (Å²) < 4.78 is 0. The Morgan fingerprint density at radius 3 is 2.86 bits per heavy atom. The topological polar surface area (TPSA) is 72.3 Å². The largest absolute Gasteiger partial charge is 0.327 e. The maximum absolute atomic E-state index is 12.7. The summed E-state index contributed by atoms with van der Waals surface area (Å²) in [7, 11) is 0. The van der Waals surface area contributed by atoms with Crippen molar-refractivity contribution in [1.29, 1.82) is 0 Å². The first-order chi connectivity index (χ1) is 10.2. The van der Waals surface area contributed by atoms with Crippen molar-refractivity contribution in [3.8, 4) is 0 Å². The van der Waals surface area contributed by atoms with Crippen LogP contribution in [0.1, 0.15) is 43.2 Å². The molecule has 0 bridgehead atoms. The molecule has 1 heterocycles. The van der Waals surface area contributed by atoms with Crippen LogP contribution < -0.4 is 16.4 Å². The Morgan fingerprint density at radius 1 is 1.29 bits per heavy atom. The van der Waals surface area contributed by atoms with Gasteiger partial charge in [-0.15, -0.1) is 0 Å². The molecule has 0 unspecified atom stereocenters. The molecule has 1 saturated carbocycles. The number of hydrogen-bond donors (Lipinski definition) is 2. The molecule has 1 aliphatic heterocycles. The van der Waals surface area contributed by atoms with E-state index in [1.807, 2.05) is 11.0 Å². The summed E-state index contributed by atoms with van der Waals surface area (Å²) in [5, 5.41) is 0. The number of carbonyl (C=O) groups is 1. The van der Waals surface area contributed by atoms with Crippen molar-refractivity contribution in [3.63, 3.8) is 0 Å². The van der Waals surface area contributed by atoms with Gasteiger partial charge < -0.3 is 16.4 Å². The van der Waals surface area contributed by atoms with Crippen molar-refractivity contribution in [1.82, 2.24) is 0 Å². The summed E-state index contributed by atoms with van der Waals surface area (Å²) in [6, 6.07) is 6.45. The maximum atomic E-state index is 12.7. The zero-order valence-electron chi connectivity index (χ0n) is 12.6. The Hall–Kier alpha value is -1.39. The molecule has 2 aliphatic rings. The Kier molecular flexibility index (Phi) is 4.27. The third-order valence-corrected chi connectivity index (χ3v) is 4.95.